The smallest absolute Gasteiger partial charge is 0.321 e. The van der Waals surface area contributed by atoms with Crippen LogP contribution in [0.3, 0.4) is 0 Å². The van der Waals surface area contributed by atoms with E-state index in [9.17, 15) is 9.59 Å². The highest BCUT2D eigenvalue weighted by molar-refractivity contribution is 8.15. The van der Waals surface area contributed by atoms with Crippen molar-refractivity contribution in [2.45, 2.75) is 11.7 Å². The molecule has 154 valence electrons. The molecule has 2 amide bonds. The molecule has 1 aliphatic rings. The summed E-state index contributed by atoms with van der Waals surface area (Å²) in [5.41, 5.74) is 0.969. The highest BCUT2D eigenvalue weighted by Crippen LogP contribution is 2.24. The van der Waals surface area contributed by atoms with Gasteiger partial charge in [-0.1, -0.05) is 23.9 Å². The molecule has 1 unspecified atom stereocenters. The molecule has 1 aliphatic heterocycles. The molecule has 0 radical (unpaired) electrons. The van der Waals surface area contributed by atoms with Crippen molar-refractivity contribution in [2.24, 2.45) is 0 Å². The van der Waals surface area contributed by atoms with Gasteiger partial charge in [-0.3, -0.25) is 14.9 Å². The van der Waals surface area contributed by atoms with Gasteiger partial charge < -0.3 is 19.1 Å². The number of amides is 2. The van der Waals surface area contributed by atoms with Crippen molar-refractivity contribution < 1.29 is 23.8 Å². The Morgan fingerprint density at radius 3 is 2.52 bits per heavy atom. The number of nitrogens with one attached hydrogen (secondary N) is 1. The Hall–Kier alpha value is -3.01. The molecule has 0 spiro atoms. The lowest BCUT2D eigenvalue weighted by atomic mass is 10.1. The Balaban J connectivity index is 1.50. The second kappa shape index (κ2) is 9.46. The summed E-state index contributed by atoms with van der Waals surface area (Å²) in [6, 6.07) is 9.46. The minimum absolute atomic E-state index is 0.235. The molecule has 1 atom stereocenters. The molecule has 0 bridgehead atoms. The lowest BCUT2D eigenvalue weighted by Crippen LogP contribution is -2.25. The molecule has 1 fully saturated rings. The van der Waals surface area contributed by atoms with Crippen LogP contribution in [0.4, 0.5) is 10.6 Å². The zero-order chi connectivity index (χ0) is 20.8. The zero-order valence-electron chi connectivity index (χ0n) is 16.4. The first kappa shape index (κ1) is 20.7. The number of ether oxygens (including phenoxy) is 3. The number of carbonyl (C=O) groups excluding carboxylic acids is 2. The number of anilines is 1. The largest absolute Gasteiger partial charge is 0.492 e. The van der Waals surface area contributed by atoms with Crippen molar-refractivity contribution in [3.05, 3.63) is 35.9 Å². The number of carbonyl (C=O) groups is 2. The summed E-state index contributed by atoms with van der Waals surface area (Å²) in [5.74, 6) is 1.57. The van der Waals surface area contributed by atoms with Gasteiger partial charge in [0.15, 0.2) is 0 Å². The fourth-order valence-electron chi connectivity index (χ4n) is 2.66. The summed E-state index contributed by atoms with van der Waals surface area (Å²) in [7, 11) is 4.92. The number of aromatic nitrogens is 2. The summed E-state index contributed by atoms with van der Waals surface area (Å²) in [5, 5.41) is 1.64. The highest BCUT2D eigenvalue weighted by atomic mass is 32.2. The van der Waals surface area contributed by atoms with Gasteiger partial charge in [0.25, 0.3) is 5.24 Å². The third-order valence-electron chi connectivity index (χ3n) is 4.26. The van der Waals surface area contributed by atoms with Crippen LogP contribution in [0.15, 0.2) is 30.3 Å². The average Bonchev–Trinajstić information content (AvgIpc) is 3.05. The van der Waals surface area contributed by atoms with Crippen LogP contribution in [-0.4, -0.2) is 60.8 Å². The first-order valence-corrected chi connectivity index (χ1v) is 9.78. The van der Waals surface area contributed by atoms with E-state index in [2.05, 4.69) is 15.3 Å². The molecule has 29 heavy (non-hydrogen) atoms. The molecule has 2 heterocycles. The molecule has 1 aromatic heterocycles. The standard InChI is InChI=1S/C19H22N4O5S/c1-23(15-11-16(26-2)21-18(20-15)27-3)8-9-28-13-6-4-12(5-7-13)10-14-17(24)22-19(25)29-14/h4-7,11,14H,8-10H2,1-3H3,(H,22,24,25). The minimum atomic E-state index is -0.371. The van der Waals surface area contributed by atoms with Crippen molar-refractivity contribution >= 4 is 28.7 Å². The Morgan fingerprint density at radius 2 is 1.90 bits per heavy atom. The van der Waals surface area contributed by atoms with Crippen molar-refractivity contribution in [3.8, 4) is 17.6 Å². The number of hydrogen-bond donors (Lipinski definition) is 1. The normalized spacial score (nSPS) is 15.8. The van der Waals surface area contributed by atoms with Crippen LogP contribution in [0, 0.1) is 0 Å². The number of nitrogens with zero attached hydrogens (tertiary/aromatic N) is 3. The number of methoxy groups -OCH3 is 2. The van der Waals surface area contributed by atoms with E-state index in [4.69, 9.17) is 14.2 Å². The van der Waals surface area contributed by atoms with E-state index in [0.29, 0.717) is 31.3 Å². The van der Waals surface area contributed by atoms with Crippen LogP contribution in [-0.2, 0) is 11.2 Å². The maximum absolute atomic E-state index is 11.7. The van der Waals surface area contributed by atoms with Crippen LogP contribution >= 0.6 is 11.8 Å². The van der Waals surface area contributed by atoms with Crippen LogP contribution in [0.5, 0.6) is 17.6 Å². The van der Waals surface area contributed by atoms with Gasteiger partial charge in [-0.05, 0) is 24.1 Å². The fourth-order valence-corrected chi connectivity index (χ4v) is 3.52. The van der Waals surface area contributed by atoms with Gasteiger partial charge in [0.2, 0.25) is 11.8 Å². The Labute approximate surface area is 172 Å². The van der Waals surface area contributed by atoms with E-state index in [1.165, 1.54) is 14.2 Å². The number of hydrogen-bond acceptors (Lipinski definition) is 9. The van der Waals surface area contributed by atoms with E-state index >= 15 is 0 Å². The molecule has 0 saturated carbocycles. The summed E-state index contributed by atoms with van der Waals surface area (Å²) in [6.07, 6.45) is 0.503. The average molecular weight is 418 g/mol. The number of thioether (sulfide) groups is 1. The first-order valence-electron chi connectivity index (χ1n) is 8.90. The molecular weight excluding hydrogens is 396 g/mol. The third kappa shape index (κ3) is 5.50. The van der Waals surface area contributed by atoms with E-state index in [1.807, 2.05) is 36.2 Å². The maximum atomic E-state index is 11.7. The predicted octanol–water partition coefficient (Wildman–Crippen LogP) is 1.90. The monoisotopic (exact) mass is 418 g/mol. The quantitative estimate of drug-likeness (QED) is 0.654. The van der Waals surface area contributed by atoms with E-state index in [1.54, 1.807) is 6.07 Å². The second-order valence-corrected chi connectivity index (χ2v) is 7.43. The molecule has 1 aromatic carbocycles. The van der Waals surface area contributed by atoms with Crippen LogP contribution < -0.4 is 24.4 Å². The van der Waals surface area contributed by atoms with E-state index < -0.39 is 0 Å². The van der Waals surface area contributed by atoms with E-state index in [0.717, 1.165) is 23.1 Å². The van der Waals surface area contributed by atoms with Gasteiger partial charge in [0, 0.05) is 13.1 Å². The summed E-state index contributed by atoms with van der Waals surface area (Å²) in [4.78, 5) is 33.2. The number of benzene rings is 1. The topological polar surface area (TPSA) is 103 Å². The zero-order valence-corrected chi connectivity index (χ0v) is 17.2. The van der Waals surface area contributed by atoms with Gasteiger partial charge in [0.1, 0.15) is 18.2 Å². The molecule has 3 rings (SSSR count). The van der Waals surface area contributed by atoms with Gasteiger partial charge >= 0.3 is 6.01 Å². The SMILES string of the molecule is COc1cc(N(C)CCOc2ccc(CC3SC(=O)NC3=O)cc2)nc(OC)n1. The number of imide groups is 1. The Kier molecular flexibility index (Phi) is 6.76. The van der Waals surface area contributed by atoms with Gasteiger partial charge in [-0.15, -0.1) is 0 Å². The second-order valence-electron chi connectivity index (χ2n) is 6.26. The van der Waals surface area contributed by atoms with Crippen LogP contribution in [0.1, 0.15) is 5.56 Å². The summed E-state index contributed by atoms with van der Waals surface area (Å²) >= 11 is 1.03. The third-order valence-corrected chi connectivity index (χ3v) is 5.24. The molecule has 9 nitrogen and oxygen atoms in total. The molecular formula is C19H22N4O5S. The summed E-state index contributed by atoms with van der Waals surface area (Å²) < 4.78 is 16.0. The number of likely N-dealkylation sites (N-methyl/N-ethyl adjacent to an activating group) is 1. The van der Waals surface area contributed by atoms with Crippen LogP contribution in [0.2, 0.25) is 0 Å². The molecule has 1 saturated heterocycles. The predicted molar refractivity (Wildman–Crippen MR) is 109 cm³/mol. The van der Waals surface area contributed by atoms with Crippen molar-refractivity contribution in [3.63, 3.8) is 0 Å². The molecule has 1 N–H and O–H groups in total. The first-order chi connectivity index (χ1) is 14.0. The summed E-state index contributed by atoms with van der Waals surface area (Å²) in [6.45, 7) is 1.03. The molecule has 10 heteroatoms. The van der Waals surface area contributed by atoms with E-state index in [-0.39, 0.29) is 22.4 Å². The molecule has 0 aliphatic carbocycles. The van der Waals surface area contributed by atoms with Crippen molar-refractivity contribution in [1.82, 2.24) is 15.3 Å². The lowest BCUT2D eigenvalue weighted by molar-refractivity contribution is -0.118. The maximum Gasteiger partial charge on any atom is 0.321 e. The Bertz CT molecular complexity index is 855. The van der Waals surface area contributed by atoms with Crippen LogP contribution in [0.25, 0.3) is 0 Å². The highest BCUT2D eigenvalue weighted by Gasteiger charge is 2.31. The van der Waals surface area contributed by atoms with Gasteiger partial charge in [0.05, 0.1) is 26.0 Å². The molecule has 2 aromatic rings. The van der Waals surface area contributed by atoms with Crippen molar-refractivity contribution in [2.75, 3.05) is 39.3 Å². The van der Waals surface area contributed by atoms with Gasteiger partial charge in [-0.25, -0.2) is 0 Å². The minimum Gasteiger partial charge on any atom is -0.492 e. The number of rotatable bonds is 9. The fraction of sp³-hybridized carbons (Fsp3) is 0.368. The Morgan fingerprint density at radius 1 is 1.14 bits per heavy atom. The van der Waals surface area contributed by atoms with Gasteiger partial charge in [-0.2, -0.15) is 9.97 Å². The lowest BCUT2D eigenvalue weighted by Gasteiger charge is -2.19. The van der Waals surface area contributed by atoms with Crippen molar-refractivity contribution in [1.29, 1.82) is 0 Å².